The van der Waals surface area contributed by atoms with Gasteiger partial charge in [-0.2, -0.15) is 5.10 Å². The van der Waals surface area contributed by atoms with Crippen molar-refractivity contribution in [3.8, 4) is 33.5 Å². The van der Waals surface area contributed by atoms with E-state index in [2.05, 4.69) is 104 Å². The van der Waals surface area contributed by atoms with Gasteiger partial charge in [0.05, 0.1) is 16.6 Å². The van der Waals surface area contributed by atoms with Crippen LogP contribution in [0.15, 0.2) is 103 Å². The Hall–Kier alpha value is -4.28. The van der Waals surface area contributed by atoms with E-state index in [1.54, 1.807) is 0 Å². The fourth-order valence-corrected chi connectivity index (χ4v) is 5.51. The molecule has 180 valence electrons. The summed E-state index contributed by atoms with van der Waals surface area (Å²) in [6, 6.07) is 34.1. The van der Waals surface area contributed by atoms with Gasteiger partial charge in [0.2, 0.25) is 0 Å². The molecule has 4 aromatic carbocycles. The highest BCUT2D eigenvalue weighted by atomic mass is 15.2. The average Bonchev–Trinajstić information content (AvgIpc) is 3.30. The molecule has 1 saturated carbocycles. The number of nitrogens with two attached hydrogens (primary N) is 1. The molecule has 2 N–H and O–H groups in total. The van der Waals surface area contributed by atoms with Crippen LogP contribution in [0.5, 0.6) is 0 Å². The Labute approximate surface area is 216 Å². The average molecular weight is 481 g/mol. The van der Waals surface area contributed by atoms with Gasteiger partial charge in [-0.1, -0.05) is 96.6 Å². The number of nitrogens with zero attached hydrogens (tertiary/aromatic N) is 3. The Morgan fingerprint density at radius 2 is 1.43 bits per heavy atom. The van der Waals surface area contributed by atoms with Crippen molar-refractivity contribution in [1.29, 1.82) is 0 Å². The largest absolute Gasteiger partial charge is 0.321 e. The number of aromatic nitrogens is 3. The second-order valence-electron chi connectivity index (χ2n) is 10.3. The van der Waals surface area contributed by atoms with Crippen LogP contribution in [0.2, 0.25) is 0 Å². The Bertz CT molecular complexity index is 1740. The van der Waals surface area contributed by atoms with E-state index >= 15 is 0 Å². The summed E-state index contributed by atoms with van der Waals surface area (Å²) < 4.78 is 1.94. The van der Waals surface area contributed by atoms with E-state index in [-0.39, 0.29) is 5.54 Å². The molecule has 0 amide bonds. The minimum atomic E-state index is -0.178. The third kappa shape index (κ3) is 3.64. The molecule has 7 rings (SSSR count). The number of hydrogen-bond donors (Lipinski definition) is 1. The van der Waals surface area contributed by atoms with Crippen LogP contribution in [-0.4, -0.2) is 14.6 Å². The smallest absolute Gasteiger partial charge is 0.164 e. The molecule has 0 bridgehead atoms. The zero-order chi connectivity index (χ0) is 25.0. The van der Waals surface area contributed by atoms with Gasteiger partial charge in [-0.15, -0.1) is 0 Å². The van der Waals surface area contributed by atoms with Crippen molar-refractivity contribution in [2.75, 3.05) is 0 Å². The van der Waals surface area contributed by atoms with E-state index < -0.39 is 0 Å². The minimum absolute atomic E-state index is 0.178. The summed E-state index contributed by atoms with van der Waals surface area (Å²) in [4.78, 5) is 5.31. The molecule has 4 nitrogen and oxygen atoms in total. The van der Waals surface area contributed by atoms with Crippen LogP contribution in [0.25, 0.3) is 50.1 Å². The number of fused-ring (bicyclic) bond motifs is 3. The summed E-state index contributed by atoms with van der Waals surface area (Å²) in [5, 5.41) is 6.01. The molecule has 0 aliphatic heterocycles. The summed E-state index contributed by atoms with van der Waals surface area (Å²) in [5.74, 6) is 0. The van der Waals surface area contributed by atoms with Gasteiger partial charge in [-0.25, -0.2) is 9.50 Å². The number of hydrogen-bond acceptors (Lipinski definition) is 3. The molecule has 0 atom stereocenters. The van der Waals surface area contributed by atoms with Gasteiger partial charge in [-0.05, 0) is 54.5 Å². The molecule has 1 aliphatic rings. The van der Waals surface area contributed by atoms with E-state index in [0.717, 1.165) is 57.3 Å². The van der Waals surface area contributed by atoms with Crippen molar-refractivity contribution >= 4 is 16.6 Å². The minimum Gasteiger partial charge on any atom is -0.321 e. The first-order valence-electron chi connectivity index (χ1n) is 12.9. The van der Waals surface area contributed by atoms with Crippen molar-refractivity contribution in [3.63, 3.8) is 0 Å². The number of aryl methyl sites for hydroxylation is 1. The predicted octanol–water partition coefficient (Wildman–Crippen LogP) is 7.53. The van der Waals surface area contributed by atoms with E-state index in [4.69, 9.17) is 15.8 Å². The van der Waals surface area contributed by atoms with Crippen LogP contribution < -0.4 is 5.73 Å². The second-order valence-corrected chi connectivity index (χ2v) is 10.3. The third-order valence-corrected chi connectivity index (χ3v) is 7.85. The van der Waals surface area contributed by atoms with Crippen LogP contribution in [-0.2, 0) is 5.54 Å². The van der Waals surface area contributed by atoms with Crippen LogP contribution in [0.4, 0.5) is 0 Å². The lowest BCUT2D eigenvalue weighted by Crippen LogP contribution is -2.43. The zero-order valence-corrected chi connectivity index (χ0v) is 20.9. The van der Waals surface area contributed by atoms with Crippen molar-refractivity contribution in [2.24, 2.45) is 5.73 Å². The first-order chi connectivity index (χ1) is 18.1. The maximum atomic E-state index is 6.61. The third-order valence-electron chi connectivity index (χ3n) is 7.85. The Morgan fingerprint density at radius 3 is 2.14 bits per heavy atom. The summed E-state index contributed by atoms with van der Waals surface area (Å²) in [5.41, 5.74) is 17.2. The Morgan fingerprint density at radius 1 is 0.730 bits per heavy atom. The van der Waals surface area contributed by atoms with Crippen LogP contribution in [0, 0.1) is 6.92 Å². The van der Waals surface area contributed by atoms with Gasteiger partial charge in [0, 0.05) is 22.9 Å². The number of benzene rings is 4. The van der Waals surface area contributed by atoms with E-state index in [0.29, 0.717) is 0 Å². The standard InChI is InChI=1S/C33H28N4/c1-22-11-13-24(14-12-22)27-9-5-10-29-30(27)32-35-31(25-15-17-26(18-16-25)33(34)19-6-20-33)28(21-37(32)36-29)23-7-3-2-4-8-23/h2-5,7-18,21H,6,19-20,34H2,1H3. The summed E-state index contributed by atoms with van der Waals surface area (Å²) in [6.45, 7) is 2.11. The van der Waals surface area contributed by atoms with Crippen molar-refractivity contribution in [1.82, 2.24) is 14.6 Å². The molecule has 2 aromatic heterocycles. The van der Waals surface area contributed by atoms with Gasteiger partial charge in [0.15, 0.2) is 5.65 Å². The molecule has 1 aliphatic carbocycles. The molecule has 0 unspecified atom stereocenters. The lowest BCUT2D eigenvalue weighted by atomic mass is 9.72. The number of rotatable bonds is 4. The highest BCUT2D eigenvalue weighted by molar-refractivity contribution is 6.04. The predicted molar refractivity (Wildman–Crippen MR) is 151 cm³/mol. The van der Waals surface area contributed by atoms with Gasteiger partial charge in [-0.3, -0.25) is 0 Å². The van der Waals surface area contributed by atoms with Crippen LogP contribution in [0.3, 0.4) is 0 Å². The van der Waals surface area contributed by atoms with E-state index in [1.165, 1.54) is 23.1 Å². The highest BCUT2D eigenvalue weighted by Gasteiger charge is 2.34. The molecular formula is C33H28N4. The maximum Gasteiger partial charge on any atom is 0.164 e. The Balaban J connectivity index is 1.47. The molecule has 0 spiro atoms. The van der Waals surface area contributed by atoms with Crippen molar-refractivity contribution < 1.29 is 0 Å². The van der Waals surface area contributed by atoms with Gasteiger partial charge >= 0.3 is 0 Å². The van der Waals surface area contributed by atoms with E-state index in [9.17, 15) is 0 Å². The molecule has 0 saturated heterocycles. The molecular weight excluding hydrogens is 452 g/mol. The first-order valence-corrected chi connectivity index (χ1v) is 12.9. The topological polar surface area (TPSA) is 56.2 Å². The quantitative estimate of drug-likeness (QED) is 0.284. The lowest BCUT2D eigenvalue weighted by Gasteiger charge is -2.38. The van der Waals surface area contributed by atoms with Gasteiger partial charge in [0.1, 0.15) is 0 Å². The SMILES string of the molecule is Cc1ccc(-c2cccc3nn4cc(-c5ccccc5)c(-c5ccc(C6(N)CCC6)cc5)nc4c23)cc1. The summed E-state index contributed by atoms with van der Waals surface area (Å²) >= 11 is 0. The molecule has 4 heteroatoms. The normalized spacial score (nSPS) is 14.6. The lowest BCUT2D eigenvalue weighted by molar-refractivity contribution is 0.253. The second kappa shape index (κ2) is 8.39. The molecule has 0 radical (unpaired) electrons. The molecule has 1 fully saturated rings. The molecule has 37 heavy (non-hydrogen) atoms. The first kappa shape index (κ1) is 22.0. The van der Waals surface area contributed by atoms with Crippen molar-refractivity contribution in [3.05, 3.63) is 114 Å². The maximum absolute atomic E-state index is 6.61. The highest BCUT2D eigenvalue weighted by Crippen LogP contribution is 2.40. The van der Waals surface area contributed by atoms with Gasteiger partial charge < -0.3 is 5.73 Å². The monoisotopic (exact) mass is 480 g/mol. The van der Waals surface area contributed by atoms with Crippen molar-refractivity contribution in [2.45, 2.75) is 31.7 Å². The summed E-state index contributed by atoms with van der Waals surface area (Å²) in [7, 11) is 0. The zero-order valence-electron chi connectivity index (χ0n) is 20.9. The molecule has 6 aromatic rings. The fourth-order valence-electron chi connectivity index (χ4n) is 5.51. The van der Waals surface area contributed by atoms with E-state index in [1.807, 2.05) is 10.6 Å². The molecule has 2 heterocycles. The Kier molecular flexibility index (Phi) is 4.98. The fraction of sp³-hybridized carbons (Fsp3) is 0.152. The van der Waals surface area contributed by atoms with Crippen LogP contribution in [0.1, 0.15) is 30.4 Å². The summed E-state index contributed by atoms with van der Waals surface area (Å²) in [6.07, 6.45) is 5.42. The van der Waals surface area contributed by atoms with Gasteiger partial charge in [0.25, 0.3) is 0 Å². The van der Waals surface area contributed by atoms with Crippen LogP contribution >= 0.6 is 0 Å².